The Bertz CT molecular complexity index is 558. The van der Waals surface area contributed by atoms with Crippen molar-refractivity contribution in [1.29, 1.82) is 0 Å². The zero-order chi connectivity index (χ0) is 13.8. The van der Waals surface area contributed by atoms with Crippen LogP contribution in [0, 0.1) is 5.92 Å². The molecule has 4 heteroatoms. The molecule has 0 saturated heterocycles. The summed E-state index contributed by atoms with van der Waals surface area (Å²) >= 11 is 0. The number of carbonyl (C=O) groups is 2. The molecule has 0 saturated carbocycles. The topological polar surface area (TPSA) is 55.7 Å². The molecule has 0 fully saturated rings. The number of rotatable bonds is 3. The van der Waals surface area contributed by atoms with Gasteiger partial charge in [-0.15, -0.1) is 0 Å². The van der Waals surface area contributed by atoms with Crippen LogP contribution in [0.1, 0.15) is 19.4 Å². The number of hydrogen-bond donors (Lipinski definition) is 0. The van der Waals surface area contributed by atoms with Crippen LogP contribution in [-0.4, -0.2) is 24.1 Å². The van der Waals surface area contributed by atoms with E-state index in [9.17, 15) is 9.59 Å². The second-order valence-corrected chi connectivity index (χ2v) is 4.24. The van der Waals surface area contributed by atoms with Crippen molar-refractivity contribution >= 4 is 23.5 Å². The Kier molecular flexibility index (Phi) is 3.90. The van der Waals surface area contributed by atoms with Crippen LogP contribution >= 0.6 is 0 Å². The quantitative estimate of drug-likeness (QED) is 0.474. The van der Waals surface area contributed by atoms with Gasteiger partial charge in [0.1, 0.15) is 5.70 Å². The summed E-state index contributed by atoms with van der Waals surface area (Å²) < 4.78 is 4.90. The number of hydrogen-bond acceptors (Lipinski definition) is 4. The van der Waals surface area contributed by atoms with Crippen molar-refractivity contribution in [1.82, 2.24) is 0 Å². The van der Waals surface area contributed by atoms with Gasteiger partial charge in [0, 0.05) is 5.71 Å². The van der Waals surface area contributed by atoms with Crippen LogP contribution in [0.5, 0.6) is 0 Å². The molecule has 1 aromatic carbocycles. The van der Waals surface area contributed by atoms with Gasteiger partial charge in [-0.3, -0.25) is 14.6 Å². The fourth-order valence-electron chi connectivity index (χ4n) is 1.96. The van der Waals surface area contributed by atoms with Gasteiger partial charge >= 0.3 is 5.97 Å². The van der Waals surface area contributed by atoms with E-state index < -0.39 is 11.9 Å². The number of ether oxygens (including phenoxy) is 1. The van der Waals surface area contributed by atoms with E-state index in [0.717, 1.165) is 5.56 Å². The summed E-state index contributed by atoms with van der Waals surface area (Å²) in [6.07, 6.45) is 1.69. The van der Waals surface area contributed by atoms with Crippen molar-refractivity contribution in [3.8, 4) is 0 Å². The largest absolute Gasteiger partial charge is 0.465 e. The molecule has 1 aliphatic heterocycles. The molecule has 0 amide bonds. The molecule has 4 nitrogen and oxygen atoms in total. The van der Waals surface area contributed by atoms with Gasteiger partial charge in [-0.05, 0) is 25.5 Å². The molecule has 1 aliphatic rings. The van der Waals surface area contributed by atoms with E-state index in [1.165, 1.54) is 0 Å². The zero-order valence-electron chi connectivity index (χ0n) is 10.9. The predicted molar refractivity (Wildman–Crippen MR) is 72.7 cm³/mol. The minimum atomic E-state index is -0.880. The van der Waals surface area contributed by atoms with Gasteiger partial charge in [0.2, 0.25) is 5.78 Å². The van der Waals surface area contributed by atoms with Crippen LogP contribution in [0.15, 0.2) is 41.0 Å². The van der Waals surface area contributed by atoms with Crippen LogP contribution in [-0.2, 0) is 14.3 Å². The summed E-state index contributed by atoms with van der Waals surface area (Å²) in [6, 6.07) is 9.41. The van der Waals surface area contributed by atoms with E-state index >= 15 is 0 Å². The lowest BCUT2D eigenvalue weighted by molar-refractivity contribution is -0.147. The summed E-state index contributed by atoms with van der Waals surface area (Å²) in [6.45, 7) is 3.64. The molecule has 0 aromatic heterocycles. The summed E-state index contributed by atoms with van der Waals surface area (Å²) in [5.41, 5.74) is 1.68. The average Bonchev–Trinajstić information content (AvgIpc) is 2.66. The van der Waals surface area contributed by atoms with Gasteiger partial charge in [0.15, 0.2) is 5.92 Å². The second kappa shape index (κ2) is 5.61. The first-order chi connectivity index (χ1) is 9.13. The minimum Gasteiger partial charge on any atom is -0.465 e. The monoisotopic (exact) mass is 257 g/mol. The van der Waals surface area contributed by atoms with Crippen molar-refractivity contribution in [2.45, 2.75) is 13.8 Å². The fraction of sp³-hybridized carbons (Fsp3) is 0.267. The van der Waals surface area contributed by atoms with E-state index in [-0.39, 0.29) is 12.4 Å². The maximum Gasteiger partial charge on any atom is 0.322 e. The highest BCUT2D eigenvalue weighted by molar-refractivity contribution is 6.28. The van der Waals surface area contributed by atoms with Crippen LogP contribution < -0.4 is 0 Å². The summed E-state index contributed by atoms with van der Waals surface area (Å²) in [7, 11) is 0. The van der Waals surface area contributed by atoms with E-state index in [2.05, 4.69) is 4.99 Å². The third-order valence-corrected chi connectivity index (χ3v) is 2.85. The molecule has 0 bridgehead atoms. The minimum absolute atomic E-state index is 0.258. The van der Waals surface area contributed by atoms with E-state index in [0.29, 0.717) is 11.4 Å². The Morgan fingerprint density at radius 2 is 2.05 bits per heavy atom. The normalized spacial score (nSPS) is 20.5. The molecular weight excluding hydrogens is 242 g/mol. The maximum absolute atomic E-state index is 12.2. The van der Waals surface area contributed by atoms with E-state index in [1.54, 1.807) is 19.9 Å². The van der Waals surface area contributed by atoms with Crippen molar-refractivity contribution in [3.63, 3.8) is 0 Å². The first-order valence-electron chi connectivity index (χ1n) is 6.16. The second-order valence-electron chi connectivity index (χ2n) is 4.24. The zero-order valence-corrected chi connectivity index (χ0v) is 10.9. The number of nitrogens with zero attached hydrogens (tertiary/aromatic N) is 1. The molecule has 98 valence electrons. The van der Waals surface area contributed by atoms with Crippen LogP contribution in [0.3, 0.4) is 0 Å². The van der Waals surface area contributed by atoms with Gasteiger partial charge < -0.3 is 4.74 Å². The third kappa shape index (κ3) is 2.78. The van der Waals surface area contributed by atoms with Gasteiger partial charge in [-0.1, -0.05) is 30.3 Å². The molecule has 0 aliphatic carbocycles. The lowest BCUT2D eigenvalue weighted by Gasteiger charge is -2.07. The number of carbonyl (C=O) groups excluding carboxylic acids is 2. The third-order valence-electron chi connectivity index (χ3n) is 2.85. The highest BCUT2D eigenvalue weighted by Crippen LogP contribution is 2.23. The Morgan fingerprint density at radius 1 is 1.37 bits per heavy atom. The van der Waals surface area contributed by atoms with Crippen LogP contribution in [0.25, 0.3) is 6.08 Å². The highest BCUT2D eigenvalue weighted by Gasteiger charge is 2.37. The molecule has 0 N–H and O–H groups in total. The summed E-state index contributed by atoms with van der Waals surface area (Å²) in [4.78, 5) is 28.0. The molecule has 1 atom stereocenters. The Balaban J connectivity index is 2.26. The average molecular weight is 257 g/mol. The lowest BCUT2D eigenvalue weighted by atomic mass is 10.0. The number of aliphatic imine (C=N–C) groups is 1. The molecule has 1 aromatic rings. The molecule has 19 heavy (non-hydrogen) atoms. The Hall–Kier alpha value is -2.23. The standard InChI is InChI=1S/C15H15NO3/c1-3-19-15(18)13-10(2)16-12(14(13)17)9-11-7-5-4-6-8-11/h4-9,13H,3H2,1-2H3/b12-9-. The number of ketones is 1. The number of benzene rings is 1. The van der Waals surface area contributed by atoms with Gasteiger partial charge in [0.25, 0.3) is 0 Å². The lowest BCUT2D eigenvalue weighted by Crippen LogP contribution is -2.28. The summed E-state index contributed by atoms with van der Waals surface area (Å²) in [5.74, 6) is -1.69. The summed E-state index contributed by atoms with van der Waals surface area (Å²) in [5, 5.41) is 0. The molecule has 2 rings (SSSR count). The fourth-order valence-corrected chi connectivity index (χ4v) is 1.96. The number of allylic oxidation sites excluding steroid dienone is 1. The van der Waals surface area contributed by atoms with Crippen LogP contribution in [0.4, 0.5) is 0 Å². The van der Waals surface area contributed by atoms with Crippen LogP contribution in [0.2, 0.25) is 0 Å². The van der Waals surface area contributed by atoms with Gasteiger partial charge in [-0.25, -0.2) is 0 Å². The smallest absolute Gasteiger partial charge is 0.322 e. The Morgan fingerprint density at radius 3 is 2.68 bits per heavy atom. The van der Waals surface area contributed by atoms with E-state index in [4.69, 9.17) is 4.74 Å². The van der Waals surface area contributed by atoms with Crippen molar-refractivity contribution < 1.29 is 14.3 Å². The van der Waals surface area contributed by atoms with Gasteiger partial charge in [0.05, 0.1) is 6.61 Å². The number of esters is 1. The van der Waals surface area contributed by atoms with Crippen molar-refractivity contribution in [3.05, 3.63) is 41.6 Å². The molecule has 1 unspecified atom stereocenters. The first-order valence-corrected chi connectivity index (χ1v) is 6.16. The molecular formula is C15H15NO3. The van der Waals surface area contributed by atoms with Crippen molar-refractivity contribution in [2.75, 3.05) is 6.61 Å². The maximum atomic E-state index is 12.2. The molecule has 0 spiro atoms. The first kappa shape index (κ1) is 13.2. The predicted octanol–water partition coefficient (Wildman–Crippen LogP) is 2.25. The van der Waals surface area contributed by atoms with E-state index in [1.807, 2.05) is 30.3 Å². The number of Topliss-reactive ketones (excluding diaryl/α,β-unsaturated/α-hetero) is 1. The molecule has 0 radical (unpaired) electrons. The SMILES string of the molecule is CCOC(=O)C1C(=O)/C(=C/c2ccccc2)N=C1C. The van der Waals surface area contributed by atoms with Crippen molar-refractivity contribution in [2.24, 2.45) is 10.9 Å². The highest BCUT2D eigenvalue weighted by atomic mass is 16.5. The molecule has 1 heterocycles. The Labute approximate surface area is 111 Å². The van der Waals surface area contributed by atoms with Gasteiger partial charge in [-0.2, -0.15) is 0 Å².